The summed E-state index contributed by atoms with van der Waals surface area (Å²) in [4.78, 5) is 11.2. The van der Waals surface area contributed by atoms with Gasteiger partial charge in [-0.2, -0.15) is 0 Å². The second kappa shape index (κ2) is 4.81. The van der Waals surface area contributed by atoms with Gasteiger partial charge in [0.25, 0.3) is 0 Å². The van der Waals surface area contributed by atoms with Crippen LogP contribution >= 0.6 is 11.6 Å². The predicted octanol–water partition coefficient (Wildman–Crippen LogP) is 1.32. The molecule has 0 saturated carbocycles. The maximum atomic E-state index is 11.2. The second-order valence-electron chi connectivity index (χ2n) is 3.42. The number of halogens is 1. The van der Waals surface area contributed by atoms with E-state index in [1.165, 1.54) is 13.2 Å². The zero-order valence-electron chi connectivity index (χ0n) is 9.10. The molecule has 1 aliphatic heterocycles. The van der Waals surface area contributed by atoms with E-state index in [2.05, 4.69) is 4.74 Å². The molecule has 0 spiro atoms. The lowest BCUT2D eigenvalue weighted by atomic mass is 10.1. The first-order valence-corrected chi connectivity index (χ1v) is 5.37. The summed E-state index contributed by atoms with van der Waals surface area (Å²) in [5.41, 5.74) is 0.239. The van der Waals surface area contributed by atoms with E-state index in [9.17, 15) is 9.90 Å². The van der Waals surface area contributed by atoms with E-state index in [1.54, 1.807) is 6.07 Å². The number of hydrogen-bond donors (Lipinski definition) is 1. The van der Waals surface area contributed by atoms with Gasteiger partial charge in [-0.25, -0.2) is 4.79 Å². The van der Waals surface area contributed by atoms with Crippen molar-refractivity contribution in [2.24, 2.45) is 0 Å². The molecule has 1 unspecified atom stereocenters. The average molecular weight is 259 g/mol. The van der Waals surface area contributed by atoms with Crippen molar-refractivity contribution in [2.75, 3.05) is 20.3 Å². The van der Waals surface area contributed by atoms with Gasteiger partial charge in [0.15, 0.2) is 17.6 Å². The van der Waals surface area contributed by atoms with Crippen LogP contribution in [0.5, 0.6) is 11.5 Å². The molecule has 0 aromatic heterocycles. The summed E-state index contributed by atoms with van der Waals surface area (Å²) in [6.07, 6.45) is -1.43. The molecule has 17 heavy (non-hydrogen) atoms. The first-order chi connectivity index (χ1) is 8.15. The highest BCUT2D eigenvalue weighted by molar-refractivity contribution is 6.33. The quantitative estimate of drug-likeness (QED) is 0.811. The van der Waals surface area contributed by atoms with E-state index in [1.807, 2.05) is 0 Å². The van der Waals surface area contributed by atoms with Gasteiger partial charge in [-0.1, -0.05) is 17.7 Å². The van der Waals surface area contributed by atoms with Crippen molar-refractivity contribution < 1.29 is 24.1 Å². The van der Waals surface area contributed by atoms with Gasteiger partial charge < -0.3 is 19.3 Å². The molecule has 1 aromatic carbocycles. The zero-order chi connectivity index (χ0) is 12.4. The summed E-state index contributed by atoms with van der Waals surface area (Å²) < 4.78 is 15.1. The van der Waals surface area contributed by atoms with Gasteiger partial charge in [-0.15, -0.1) is 0 Å². The van der Waals surface area contributed by atoms with E-state index in [4.69, 9.17) is 21.1 Å². The SMILES string of the molecule is COC(=O)C(O)c1ccc2c(c1Cl)OCCO2. The minimum absolute atomic E-state index is 0.167. The molecular formula is C11H11ClO5. The molecule has 0 amide bonds. The number of carbonyl (C=O) groups is 1. The minimum atomic E-state index is -1.43. The summed E-state index contributed by atoms with van der Waals surface area (Å²) >= 11 is 6.05. The average Bonchev–Trinajstić information content (AvgIpc) is 2.38. The zero-order valence-corrected chi connectivity index (χ0v) is 9.86. The van der Waals surface area contributed by atoms with Crippen LogP contribution in [-0.2, 0) is 9.53 Å². The smallest absolute Gasteiger partial charge is 0.339 e. The van der Waals surface area contributed by atoms with Crippen LogP contribution in [-0.4, -0.2) is 31.4 Å². The third-order valence-electron chi connectivity index (χ3n) is 2.40. The Hall–Kier alpha value is -1.46. The Balaban J connectivity index is 2.39. The third kappa shape index (κ3) is 2.16. The number of carbonyl (C=O) groups excluding carboxylic acids is 1. The number of aliphatic hydroxyl groups excluding tert-OH is 1. The van der Waals surface area contributed by atoms with Crippen LogP contribution in [0.2, 0.25) is 5.02 Å². The number of rotatable bonds is 2. The summed E-state index contributed by atoms with van der Waals surface area (Å²) in [6, 6.07) is 3.11. The van der Waals surface area contributed by atoms with Crippen molar-refractivity contribution in [1.82, 2.24) is 0 Å². The maximum Gasteiger partial charge on any atom is 0.339 e. The van der Waals surface area contributed by atoms with E-state index >= 15 is 0 Å². The number of benzene rings is 1. The minimum Gasteiger partial charge on any atom is -0.486 e. The Morgan fingerprint density at radius 1 is 1.47 bits per heavy atom. The molecular weight excluding hydrogens is 248 g/mol. The number of fused-ring (bicyclic) bond motifs is 1. The van der Waals surface area contributed by atoms with Crippen molar-refractivity contribution in [2.45, 2.75) is 6.10 Å². The molecule has 6 heteroatoms. The number of ether oxygens (including phenoxy) is 3. The van der Waals surface area contributed by atoms with Crippen molar-refractivity contribution in [3.8, 4) is 11.5 Å². The highest BCUT2D eigenvalue weighted by atomic mass is 35.5. The number of methoxy groups -OCH3 is 1. The van der Waals surface area contributed by atoms with Gasteiger partial charge in [0, 0.05) is 5.56 Å². The molecule has 1 atom stereocenters. The molecule has 1 aliphatic rings. The van der Waals surface area contributed by atoms with E-state index in [0.29, 0.717) is 24.7 Å². The molecule has 5 nitrogen and oxygen atoms in total. The van der Waals surface area contributed by atoms with Crippen LogP contribution in [0.1, 0.15) is 11.7 Å². The van der Waals surface area contributed by atoms with E-state index in [-0.39, 0.29) is 10.6 Å². The molecule has 0 saturated heterocycles. The number of esters is 1. The van der Waals surface area contributed by atoms with Gasteiger partial charge in [0.05, 0.1) is 12.1 Å². The lowest BCUT2D eigenvalue weighted by Gasteiger charge is -2.21. The summed E-state index contributed by atoms with van der Waals surface area (Å²) in [5.74, 6) is 0.0732. The maximum absolute atomic E-state index is 11.2. The fourth-order valence-electron chi connectivity index (χ4n) is 1.55. The van der Waals surface area contributed by atoms with Crippen molar-refractivity contribution >= 4 is 17.6 Å². The van der Waals surface area contributed by atoms with Gasteiger partial charge in [0.1, 0.15) is 13.2 Å². The predicted molar refractivity (Wildman–Crippen MR) is 59.4 cm³/mol. The van der Waals surface area contributed by atoms with Crippen molar-refractivity contribution in [3.05, 3.63) is 22.7 Å². The van der Waals surface area contributed by atoms with Crippen LogP contribution in [0.25, 0.3) is 0 Å². The second-order valence-corrected chi connectivity index (χ2v) is 3.80. The molecule has 0 fully saturated rings. The normalized spacial score (nSPS) is 15.2. The molecule has 1 aromatic rings. The van der Waals surface area contributed by atoms with E-state index < -0.39 is 12.1 Å². The van der Waals surface area contributed by atoms with Crippen LogP contribution < -0.4 is 9.47 Å². The summed E-state index contributed by atoms with van der Waals surface area (Å²) in [5, 5.41) is 9.88. The topological polar surface area (TPSA) is 65.0 Å². The molecule has 92 valence electrons. The van der Waals surface area contributed by atoms with Crippen molar-refractivity contribution in [1.29, 1.82) is 0 Å². The van der Waals surface area contributed by atoms with Crippen LogP contribution in [0.3, 0.4) is 0 Å². The molecule has 1 N–H and O–H groups in total. The third-order valence-corrected chi connectivity index (χ3v) is 2.79. The highest BCUT2D eigenvalue weighted by Crippen LogP contribution is 2.41. The first-order valence-electron chi connectivity index (χ1n) is 4.99. The van der Waals surface area contributed by atoms with Crippen molar-refractivity contribution in [3.63, 3.8) is 0 Å². The molecule has 1 heterocycles. The van der Waals surface area contributed by atoms with E-state index in [0.717, 1.165) is 0 Å². The Morgan fingerprint density at radius 2 is 2.18 bits per heavy atom. The molecule has 2 rings (SSSR count). The molecule has 0 radical (unpaired) electrons. The Kier molecular flexibility index (Phi) is 3.40. The Bertz CT molecular complexity index is 446. The number of hydrogen-bond acceptors (Lipinski definition) is 5. The van der Waals surface area contributed by atoms with Gasteiger partial charge in [0.2, 0.25) is 0 Å². The standard InChI is InChI=1S/C11H11ClO5/c1-15-11(14)9(13)6-2-3-7-10(8(6)12)17-5-4-16-7/h2-3,9,13H,4-5H2,1H3. The molecule has 0 aliphatic carbocycles. The van der Waals surface area contributed by atoms with Gasteiger partial charge >= 0.3 is 5.97 Å². The Morgan fingerprint density at radius 3 is 2.88 bits per heavy atom. The lowest BCUT2D eigenvalue weighted by molar-refractivity contribution is -0.150. The van der Waals surface area contributed by atoms with Gasteiger partial charge in [-0.3, -0.25) is 0 Å². The summed E-state index contributed by atoms with van der Waals surface area (Å²) in [7, 11) is 1.19. The van der Waals surface area contributed by atoms with Crippen LogP contribution in [0.4, 0.5) is 0 Å². The summed E-state index contributed by atoms with van der Waals surface area (Å²) in [6.45, 7) is 0.826. The van der Waals surface area contributed by atoms with Crippen LogP contribution in [0, 0.1) is 0 Å². The van der Waals surface area contributed by atoms with Crippen LogP contribution in [0.15, 0.2) is 12.1 Å². The lowest BCUT2D eigenvalue weighted by Crippen LogP contribution is -2.18. The first kappa shape index (κ1) is 12.0. The van der Waals surface area contributed by atoms with Gasteiger partial charge in [-0.05, 0) is 6.07 Å². The highest BCUT2D eigenvalue weighted by Gasteiger charge is 2.26. The fourth-order valence-corrected chi connectivity index (χ4v) is 1.86. The number of aliphatic hydroxyl groups is 1. The monoisotopic (exact) mass is 258 g/mol. The fraction of sp³-hybridized carbons (Fsp3) is 0.364. The molecule has 0 bridgehead atoms. The Labute approximate surface area is 103 Å². The largest absolute Gasteiger partial charge is 0.486 e.